The summed E-state index contributed by atoms with van der Waals surface area (Å²) in [7, 11) is -3.01. The highest BCUT2D eigenvalue weighted by Crippen LogP contribution is 2.27. The Hall–Kier alpha value is -1.77. The van der Waals surface area contributed by atoms with Gasteiger partial charge in [0.15, 0.2) is 0 Å². The van der Waals surface area contributed by atoms with E-state index < -0.39 is 26.1 Å². The van der Waals surface area contributed by atoms with Crippen LogP contribution in [0.5, 0.6) is 5.75 Å². The summed E-state index contributed by atoms with van der Waals surface area (Å²) in [6.07, 6.45) is 0. The average Bonchev–Trinajstić information content (AvgIpc) is 2.78. The number of benzene rings is 1. The fourth-order valence-corrected chi connectivity index (χ4v) is 6.00. The lowest BCUT2D eigenvalue weighted by Crippen LogP contribution is -2.53. The molecule has 0 saturated carbocycles. The van der Waals surface area contributed by atoms with E-state index in [1.807, 2.05) is 0 Å². The molecule has 174 valence electrons. The van der Waals surface area contributed by atoms with Crippen molar-refractivity contribution in [3.05, 3.63) is 23.8 Å². The number of rotatable bonds is 6. The first-order chi connectivity index (χ1) is 14.6. The number of hydrogen-bond acceptors (Lipinski definition) is 7. The summed E-state index contributed by atoms with van der Waals surface area (Å²) in [5.74, 6) is -0.146. The third-order valence-electron chi connectivity index (χ3n) is 5.32. The van der Waals surface area contributed by atoms with Crippen LogP contribution in [0.3, 0.4) is 0 Å². The van der Waals surface area contributed by atoms with Crippen molar-refractivity contribution in [1.29, 1.82) is 0 Å². The highest BCUT2D eigenvalue weighted by atomic mass is 32.2. The zero-order valence-electron chi connectivity index (χ0n) is 17.9. The standard InChI is InChI=1S/C18H28N4O7S2/c1-19(2)31(26,27)22-8-6-20(7-9-22)18(23)16-14-15(4-5-17(16)28-3)30(24,25)21-10-12-29-13-11-21/h4-5,14H,6-13H2,1-3H3. The van der Waals surface area contributed by atoms with Crippen molar-refractivity contribution in [3.8, 4) is 5.75 Å². The molecule has 0 bridgehead atoms. The lowest BCUT2D eigenvalue weighted by Gasteiger charge is -2.35. The van der Waals surface area contributed by atoms with Crippen molar-refractivity contribution in [3.63, 3.8) is 0 Å². The Morgan fingerprint density at radius 3 is 2.13 bits per heavy atom. The first-order valence-electron chi connectivity index (χ1n) is 9.82. The van der Waals surface area contributed by atoms with Gasteiger partial charge in [0.05, 0.1) is 30.8 Å². The van der Waals surface area contributed by atoms with Crippen LogP contribution in [-0.2, 0) is 25.0 Å². The van der Waals surface area contributed by atoms with Crippen molar-refractivity contribution in [2.24, 2.45) is 0 Å². The lowest BCUT2D eigenvalue weighted by molar-refractivity contribution is 0.0691. The van der Waals surface area contributed by atoms with Crippen molar-refractivity contribution in [2.75, 3.05) is 73.7 Å². The monoisotopic (exact) mass is 476 g/mol. The predicted octanol–water partition coefficient (Wildman–Crippen LogP) is -0.720. The molecule has 2 aliphatic heterocycles. The molecule has 1 amide bonds. The topological polar surface area (TPSA) is 117 Å². The largest absolute Gasteiger partial charge is 0.496 e. The van der Waals surface area contributed by atoms with Crippen molar-refractivity contribution in [1.82, 2.24) is 17.8 Å². The first kappa shape index (κ1) is 23.9. The van der Waals surface area contributed by atoms with Crippen LogP contribution in [-0.4, -0.2) is 114 Å². The molecule has 0 aliphatic carbocycles. The van der Waals surface area contributed by atoms with Gasteiger partial charge >= 0.3 is 0 Å². The second kappa shape index (κ2) is 9.38. The number of ether oxygens (including phenoxy) is 2. The summed E-state index contributed by atoms with van der Waals surface area (Å²) >= 11 is 0. The van der Waals surface area contributed by atoms with E-state index in [2.05, 4.69) is 0 Å². The van der Waals surface area contributed by atoms with Crippen LogP contribution in [0.25, 0.3) is 0 Å². The van der Waals surface area contributed by atoms with Gasteiger partial charge in [0.1, 0.15) is 5.75 Å². The number of carbonyl (C=O) groups excluding carboxylic acids is 1. The van der Waals surface area contributed by atoms with E-state index in [0.29, 0.717) is 13.2 Å². The van der Waals surface area contributed by atoms with E-state index in [1.165, 1.54) is 52.9 Å². The minimum absolute atomic E-state index is 0.00683. The maximum atomic E-state index is 13.2. The molecular weight excluding hydrogens is 448 g/mol. The smallest absolute Gasteiger partial charge is 0.281 e. The molecule has 2 saturated heterocycles. The van der Waals surface area contributed by atoms with Crippen LogP contribution < -0.4 is 4.74 Å². The van der Waals surface area contributed by atoms with E-state index in [-0.39, 0.29) is 55.5 Å². The molecule has 0 atom stereocenters. The number of amides is 1. The quantitative estimate of drug-likeness (QED) is 0.532. The number of hydrogen-bond donors (Lipinski definition) is 0. The maximum absolute atomic E-state index is 13.2. The van der Waals surface area contributed by atoms with E-state index in [0.717, 1.165) is 4.31 Å². The van der Waals surface area contributed by atoms with Crippen LogP contribution >= 0.6 is 0 Å². The van der Waals surface area contributed by atoms with E-state index in [1.54, 1.807) is 0 Å². The zero-order valence-corrected chi connectivity index (χ0v) is 19.5. The van der Waals surface area contributed by atoms with Crippen molar-refractivity contribution >= 4 is 26.1 Å². The van der Waals surface area contributed by atoms with E-state index in [9.17, 15) is 21.6 Å². The Morgan fingerprint density at radius 1 is 0.968 bits per heavy atom. The molecule has 0 spiro atoms. The lowest BCUT2D eigenvalue weighted by atomic mass is 10.1. The normalized spacial score (nSPS) is 19.5. The molecule has 2 heterocycles. The number of nitrogens with zero attached hydrogens (tertiary/aromatic N) is 4. The van der Waals surface area contributed by atoms with Gasteiger partial charge in [0, 0.05) is 53.4 Å². The molecule has 1 aromatic carbocycles. The van der Waals surface area contributed by atoms with Crippen molar-refractivity contribution < 1.29 is 31.1 Å². The van der Waals surface area contributed by atoms with Gasteiger partial charge < -0.3 is 14.4 Å². The molecule has 31 heavy (non-hydrogen) atoms. The summed E-state index contributed by atoms with van der Waals surface area (Å²) in [4.78, 5) is 14.7. The Kier molecular flexibility index (Phi) is 7.23. The Balaban J connectivity index is 1.82. The second-order valence-corrected chi connectivity index (χ2v) is 11.4. The van der Waals surface area contributed by atoms with Crippen LogP contribution in [0.4, 0.5) is 0 Å². The Morgan fingerprint density at radius 2 is 1.58 bits per heavy atom. The van der Waals surface area contributed by atoms with Gasteiger partial charge in [0.25, 0.3) is 16.1 Å². The summed E-state index contributed by atoms with van der Waals surface area (Å²) in [6.45, 7) is 1.83. The molecule has 0 radical (unpaired) electrons. The van der Waals surface area contributed by atoms with Gasteiger partial charge in [-0.2, -0.15) is 21.3 Å². The van der Waals surface area contributed by atoms with Gasteiger partial charge in [0.2, 0.25) is 10.0 Å². The summed E-state index contributed by atoms with van der Waals surface area (Å²) in [5, 5.41) is 0. The molecule has 1 aromatic rings. The minimum atomic E-state index is -3.78. The number of methoxy groups -OCH3 is 1. The maximum Gasteiger partial charge on any atom is 0.281 e. The molecular formula is C18H28N4O7S2. The Labute approximate surface area is 183 Å². The SMILES string of the molecule is COc1ccc(S(=O)(=O)N2CCOCC2)cc1C(=O)N1CCN(S(=O)(=O)N(C)C)CC1. The number of carbonyl (C=O) groups is 1. The fraction of sp³-hybridized carbons (Fsp3) is 0.611. The average molecular weight is 477 g/mol. The van der Waals surface area contributed by atoms with Crippen molar-refractivity contribution in [2.45, 2.75) is 4.90 Å². The van der Waals surface area contributed by atoms with Crippen LogP contribution in [0.1, 0.15) is 10.4 Å². The number of sulfonamides is 1. The second-order valence-electron chi connectivity index (χ2n) is 7.36. The van der Waals surface area contributed by atoms with E-state index >= 15 is 0 Å². The third kappa shape index (κ3) is 4.86. The molecule has 2 aliphatic rings. The van der Waals surface area contributed by atoms with E-state index in [4.69, 9.17) is 9.47 Å². The highest BCUT2D eigenvalue weighted by molar-refractivity contribution is 7.89. The zero-order chi connectivity index (χ0) is 22.8. The summed E-state index contributed by atoms with van der Waals surface area (Å²) in [5.41, 5.74) is 0.126. The predicted molar refractivity (Wildman–Crippen MR) is 113 cm³/mol. The summed E-state index contributed by atoms with van der Waals surface area (Å²) < 4.78 is 64.8. The van der Waals surface area contributed by atoms with Gasteiger partial charge in [-0.05, 0) is 18.2 Å². The first-order valence-corrected chi connectivity index (χ1v) is 12.7. The molecule has 0 N–H and O–H groups in total. The van der Waals surface area contributed by atoms with Gasteiger partial charge in [-0.1, -0.05) is 0 Å². The molecule has 0 aromatic heterocycles. The molecule has 3 rings (SSSR count). The third-order valence-corrected chi connectivity index (χ3v) is 9.16. The van der Waals surface area contributed by atoms with Gasteiger partial charge in [-0.15, -0.1) is 0 Å². The van der Waals surface area contributed by atoms with Crippen LogP contribution in [0, 0.1) is 0 Å². The highest BCUT2D eigenvalue weighted by Gasteiger charge is 2.33. The number of morpholine rings is 1. The fourth-order valence-electron chi connectivity index (χ4n) is 3.47. The van der Waals surface area contributed by atoms with Gasteiger partial charge in [-0.3, -0.25) is 4.79 Å². The minimum Gasteiger partial charge on any atom is -0.496 e. The number of piperazine rings is 1. The molecule has 0 unspecified atom stereocenters. The molecule has 11 nitrogen and oxygen atoms in total. The molecule has 13 heteroatoms. The van der Waals surface area contributed by atoms with Crippen LogP contribution in [0.15, 0.2) is 23.1 Å². The molecule has 2 fully saturated rings. The Bertz CT molecular complexity index is 1010. The van der Waals surface area contributed by atoms with Gasteiger partial charge in [-0.25, -0.2) is 8.42 Å². The van der Waals surface area contributed by atoms with Crippen LogP contribution in [0.2, 0.25) is 0 Å². The summed E-state index contributed by atoms with van der Waals surface area (Å²) in [6, 6.07) is 4.21.